The predicted molar refractivity (Wildman–Crippen MR) is 103 cm³/mol. The number of hydrogen-bond acceptors (Lipinski definition) is 4. The molecular weight excluding hydrogens is 408 g/mol. The molecule has 0 amide bonds. The van der Waals surface area contributed by atoms with Crippen molar-refractivity contribution in [3.63, 3.8) is 0 Å². The Kier molecular flexibility index (Phi) is 3.98. The van der Waals surface area contributed by atoms with E-state index in [1.807, 2.05) is 24.3 Å². The van der Waals surface area contributed by atoms with E-state index in [9.17, 15) is 9.59 Å². The largest absolute Gasteiger partial charge is 0.456 e. The Bertz CT molecular complexity index is 772. The maximum atomic E-state index is 13.3. The molecule has 0 unspecified atom stereocenters. The maximum Gasteiger partial charge on any atom is 0.317 e. The van der Waals surface area contributed by atoms with Gasteiger partial charge in [-0.15, -0.1) is 0 Å². The number of benzene rings is 1. The van der Waals surface area contributed by atoms with Crippen LogP contribution in [0.15, 0.2) is 28.7 Å². The zero-order valence-corrected chi connectivity index (χ0v) is 17.1. The molecule has 5 heteroatoms. The number of hydrogen-bond donors (Lipinski definition) is 0. The first-order valence-electron chi connectivity index (χ1n) is 10.3. The Morgan fingerprint density at radius 3 is 2.04 bits per heavy atom. The molecule has 2 aliphatic carbocycles. The molecule has 0 radical (unpaired) electrons. The molecule has 1 aromatic carbocycles. The minimum Gasteiger partial charge on any atom is -0.456 e. The van der Waals surface area contributed by atoms with Crippen LogP contribution in [0.1, 0.15) is 69.8 Å². The van der Waals surface area contributed by atoms with Crippen molar-refractivity contribution >= 4 is 27.9 Å². The van der Waals surface area contributed by atoms with Gasteiger partial charge in [0, 0.05) is 10.0 Å². The van der Waals surface area contributed by atoms with Crippen LogP contribution in [0.3, 0.4) is 0 Å². The standard InChI is InChI=1S/C22H25BrO4/c23-16-9-7-15(8-10-16)22-17(20(18(24)27-22)11-3-1-4-12-20)26-19(25)21(22)13-5-2-6-14-21/h7-10,17H,1-6,11-14H2/t17-,22+/m1/s1. The summed E-state index contributed by atoms with van der Waals surface area (Å²) in [6, 6.07) is 7.95. The third kappa shape index (κ3) is 2.15. The third-order valence-electron chi connectivity index (χ3n) is 7.58. The SMILES string of the molecule is O=C1O[C@@]2(c3ccc(Br)cc3)[C@H](OC(=O)C23CCCCC3)C12CCCCC2. The number of rotatable bonds is 1. The van der Waals surface area contributed by atoms with Gasteiger partial charge in [0.2, 0.25) is 0 Å². The normalized spacial score (nSPS) is 33.7. The molecule has 2 atom stereocenters. The van der Waals surface area contributed by atoms with Crippen molar-refractivity contribution in [2.45, 2.75) is 75.9 Å². The molecule has 27 heavy (non-hydrogen) atoms. The van der Waals surface area contributed by atoms with E-state index >= 15 is 0 Å². The third-order valence-corrected chi connectivity index (χ3v) is 8.11. The maximum absolute atomic E-state index is 13.3. The van der Waals surface area contributed by atoms with Crippen molar-refractivity contribution in [1.29, 1.82) is 0 Å². The molecule has 4 aliphatic rings. The van der Waals surface area contributed by atoms with E-state index in [0.29, 0.717) is 0 Å². The van der Waals surface area contributed by atoms with E-state index < -0.39 is 22.5 Å². The topological polar surface area (TPSA) is 52.6 Å². The van der Waals surface area contributed by atoms with Crippen molar-refractivity contribution < 1.29 is 19.1 Å². The van der Waals surface area contributed by atoms with Crippen LogP contribution in [-0.2, 0) is 24.7 Å². The zero-order chi connectivity index (χ0) is 18.7. The van der Waals surface area contributed by atoms with Crippen molar-refractivity contribution in [3.05, 3.63) is 34.3 Å². The van der Waals surface area contributed by atoms with Crippen LogP contribution in [0.5, 0.6) is 0 Å². The molecule has 4 fully saturated rings. The van der Waals surface area contributed by atoms with Gasteiger partial charge in [-0.3, -0.25) is 9.59 Å². The Morgan fingerprint density at radius 2 is 1.41 bits per heavy atom. The summed E-state index contributed by atoms with van der Waals surface area (Å²) >= 11 is 3.50. The summed E-state index contributed by atoms with van der Waals surface area (Å²) in [6.45, 7) is 0. The second kappa shape index (κ2) is 6.07. The van der Waals surface area contributed by atoms with Gasteiger partial charge in [0.05, 0.1) is 0 Å². The van der Waals surface area contributed by atoms with Gasteiger partial charge in [-0.2, -0.15) is 0 Å². The summed E-state index contributed by atoms with van der Waals surface area (Å²) in [5.74, 6) is -0.292. The van der Waals surface area contributed by atoms with E-state index in [-0.39, 0.29) is 11.9 Å². The summed E-state index contributed by atoms with van der Waals surface area (Å²) in [4.78, 5) is 26.6. The monoisotopic (exact) mass is 432 g/mol. The van der Waals surface area contributed by atoms with Crippen LogP contribution in [0, 0.1) is 10.8 Å². The molecule has 1 aromatic rings. The molecule has 2 spiro atoms. The predicted octanol–water partition coefficient (Wildman–Crippen LogP) is 5.03. The molecular formula is C22H25BrO4. The number of fused-ring (bicyclic) bond motifs is 3. The van der Waals surface area contributed by atoms with Crippen molar-refractivity contribution in [2.24, 2.45) is 10.8 Å². The average Bonchev–Trinajstić information content (AvgIpc) is 3.06. The van der Waals surface area contributed by atoms with Crippen LogP contribution >= 0.6 is 15.9 Å². The number of halogens is 1. The first kappa shape index (κ1) is 17.7. The van der Waals surface area contributed by atoms with Crippen molar-refractivity contribution in [3.8, 4) is 0 Å². The van der Waals surface area contributed by atoms with Gasteiger partial charge in [0.1, 0.15) is 10.8 Å². The molecule has 4 nitrogen and oxygen atoms in total. The molecule has 2 heterocycles. The Hall–Kier alpha value is -1.36. The van der Waals surface area contributed by atoms with Crippen LogP contribution in [-0.4, -0.2) is 18.0 Å². The molecule has 5 rings (SSSR count). The molecule has 2 saturated heterocycles. The lowest BCUT2D eigenvalue weighted by Gasteiger charge is -2.43. The zero-order valence-electron chi connectivity index (χ0n) is 15.5. The summed E-state index contributed by atoms with van der Waals surface area (Å²) in [7, 11) is 0. The van der Waals surface area contributed by atoms with E-state index in [2.05, 4.69) is 15.9 Å². The highest BCUT2D eigenvalue weighted by Crippen LogP contribution is 2.68. The van der Waals surface area contributed by atoms with Crippen molar-refractivity contribution in [1.82, 2.24) is 0 Å². The molecule has 144 valence electrons. The van der Waals surface area contributed by atoms with Gasteiger partial charge < -0.3 is 9.47 Å². The van der Waals surface area contributed by atoms with Crippen LogP contribution in [0.2, 0.25) is 0 Å². The lowest BCUT2D eigenvalue weighted by molar-refractivity contribution is -0.173. The first-order valence-corrected chi connectivity index (χ1v) is 11.1. The van der Waals surface area contributed by atoms with Gasteiger partial charge >= 0.3 is 11.9 Å². The highest BCUT2D eigenvalue weighted by atomic mass is 79.9. The minimum absolute atomic E-state index is 0.146. The fraction of sp³-hybridized carbons (Fsp3) is 0.636. The number of carbonyl (C=O) groups is 2. The second-order valence-corrected chi connectivity index (χ2v) is 9.69. The quantitative estimate of drug-likeness (QED) is 0.584. The fourth-order valence-electron chi connectivity index (χ4n) is 6.28. The summed E-state index contributed by atoms with van der Waals surface area (Å²) in [5.41, 5.74) is -1.46. The highest BCUT2D eigenvalue weighted by Gasteiger charge is 2.80. The second-order valence-electron chi connectivity index (χ2n) is 8.78. The van der Waals surface area contributed by atoms with Gasteiger partial charge in [-0.05, 0) is 37.8 Å². The van der Waals surface area contributed by atoms with E-state index in [0.717, 1.165) is 74.2 Å². The van der Waals surface area contributed by atoms with Gasteiger partial charge in [0.25, 0.3) is 0 Å². The van der Waals surface area contributed by atoms with E-state index in [1.54, 1.807) is 0 Å². The Morgan fingerprint density at radius 1 is 0.815 bits per heavy atom. The lowest BCUT2D eigenvalue weighted by atomic mass is 9.57. The number of esters is 2. The minimum atomic E-state index is -0.973. The molecule has 0 bridgehead atoms. The first-order chi connectivity index (χ1) is 13.1. The van der Waals surface area contributed by atoms with E-state index in [1.165, 1.54) is 0 Å². The smallest absolute Gasteiger partial charge is 0.317 e. The Labute approximate surface area is 168 Å². The fourth-order valence-corrected chi connectivity index (χ4v) is 6.54. The molecule has 0 aromatic heterocycles. The molecule has 2 aliphatic heterocycles. The Balaban J connectivity index is 1.72. The number of carbonyl (C=O) groups excluding carboxylic acids is 2. The summed E-state index contributed by atoms with van der Waals surface area (Å²) < 4.78 is 13.5. The van der Waals surface area contributed by atoms with Crippen molar-refractivity contribution in [2.75, 3.05) is 0 Å². The lowest BCUT2D eigenvalue weighted by Crippen LogP contribution is -2.52. The molecule has 0 N–H and O–H groups in total. The van der Waals surface area contributed by atoms with Crippen LogP contribution in [0.4, 0.5) is 0 Å². The average molecular weight is 433 g/mol. The number of ether oxygens (including phenoxy) is 2. The summed E-state index contributed by atoms with van der Waals surface area (Å²) in [6.07, 6.45) is 8.69. The van der Waals surface area contributed by atoms with E-state index in [4.69, 9.17) is 9.47 Å². The molecule has 2 saturated carbocycles. The van der Waals surface area contributed by atoms with Gasteiger partial charge in [0.15, 0.2) is 11.7 Å². The summed E-state index contributed by atoms with van der Waals surface area (Å²) in [5, 5.41) is 0. The van der Waals surface area contributed by atoms with Crippen LogP contribution in [0.25, 0.3) is 0 Å². The van der Waals surface area contributed by atoms with Gasteiger partial charge in [-0.1, -0.05) is 66.6 Å². The highest BCUT2D eigenvalue weighted by molar-refractivity contribution is 9.10. The van der Waals surface area contributed by atoms with Crippen LogP contribution < -0.4 is 0 Å². The van der Waals surface area contributed by atoms with Gasteiger partial charge in [-0.25, -0.2) is 0 Å².